The van der Waals surface area contributed by atoms with Crippen molar-refractivity contribution in [3.8, 4) is 0 Å². The molecule has 0 fully saturated rings. The van der Waals surface area contributed by atoms with E-state index in [0.717, 1.165) is 0 Å². The Morgan fingerprint density at radius 1 is 1.42 bits per heavy atom. The Hall–Kier alpha value is -1.91. The minimum atomic E-state index is -1.05. The maximum Gasteiger partial charge on any atom is 0.335 e. The number of hydrogen-bond donors (Lipinski definition) is 2. The van der Waals surface area contributed by atoms with Crippen LogP contribution in [0.1, 0.15) is 10.4 Å². The van der Waals surface area contributed by atoms with Crippen LogP contribution in [0.25, 0.3) is 0 Å². The van der Waals surface area contributed by atoms with Gasteiger partial charge in [-0.05, 0) is 17.7 Å². The highest BCUT2D eigenvalue weighted by atomic mass is 16.5. The smallest absolute Gasteiger partial charge is 0.335 e. The summed E-state index contributed by atoms with van der Waals surface area (Å²) in [5, 5.41) is 18.8. The van der Waals surface area contributed by atoms with E-state index in [0.29, 0.717) is 0 Å². The molecule has 12 heavy (non-hydrogen) atoms. The number of nitrogens with one attached hydrogen (secondary N) is 1. The molecule has 0 aliphatic rings. The molecule has 0 saturated carbocycles. The number of carboxylic acids is 1. The summed E-state index contributed by atoms with van der Waals surface area (Å²) >= 11 is 0. The van der Waals surface area contributed by atoms with Crippen molar-refractivity contribution in [2.45, 2.75) is 0 Å². The van der Waals surface area contributed by atoms with Gasteiger partial charge in [-0.15, -0.1) is 0 Å². The van der Waals surface area contributed by atoms with Crippen molar-refractivity contribution < 1.29 is 14.8 Å². The number of rotatable bonds is 2. The monoisotopic (exact) mass is 166 g/mol. The van der Waals surface area contributed by atoms with Crippen molar-refractivity contribution in [1.82, 2.24) is 0 Å². The second kappa shape index (κ2) is 3.00. The molecule has 0 saturated heterocycles. The van der Waals surface area contributed by atoms with Gasteiger partial charge in [0.2, 0.25) is 5.69 Å². The lowest BCUT2D eigenvalue weighted by atomic mass is 10.2. The Bertz CT molecular complexity index is 285. The van der Waals surface area contributed by atoms with E-state index in [4.69, 9.17) is 10.6 Å². The summed E-state index contributed by atoms with van der Waals surface area (Å²) in [7, 11) is 0. The van der Waals surface area contributed by atoms with Gasteiger partial charge in [-0.1, -0.05) is 4.86 Å². The molecule has 0 amide bonds. The largest absolute Gasteiger partial charge is 0.594 e. The fourth-order valence-electron chi connectivity index (χ4n) is 0.739. The van der Waals surface area contributed by atoms with Crippen LogP contribution < -0.4 is 0 Å². The van der Waals surface area contributed by atoms with Crippen molar-refractivity contribution in [3.63, 3.8) is 0 Å². The van der Waals surface area contributed by atoms with E-state index in [1.165, 1.54) is 24.3 Å². The summed E-state index contributed by atoms with van der Waals surface area (Å²) in [5.41, 5.74) is 6.84. The third kappa shape index (κ3) is 1.57. The zero-order chi connectivity index (χ0) is 9.14. The van der Waals surface area contributed by atoms with Gasteiger partial charge in [-0.2, -0.15) is 0 Å². The van der Waals surface area contributed by atoms with Gasteiger partial charge in [0.15, 0.2) is 0 Å². The number of carboxylic acid groups (broad SMARTS) is 1. The molecule has 0 heterocycles. The molecule has 0 aliphatic heterocycles. The molecule has 5 heteroatoms. The van der Waals surface area contributed by atoms with Gasteiger partial charge in [-0.3, -0.25) is 0 Å². The Kier molecular flexibility index (Phi) is 2.05. The predicted octanol–water partition coefficient (Wildman–Crippen LogP) is 1.56. The topological polar surface area (TPSA) is 87.2 Å². The van der Waals surface area contributed by atoms with Gasteiger partial charge in [0, 0.05) is 12.1 Å². The SMILES string of the molecule is N=[N+]([O-])c1ccc(C(=O)O)cc1. The lowest BCUT2D eigenvalue weighted by Crippen LogP contribution is -1.96. The van der Waals surface area contributed by atoms with Gasteiger partial charge in [0.25, 0.3) is 0 Å². The summed E-state index contributed by atoms with van der Waals surface area (Å²) in [6.07, 6.45) is 0. The van der Waals surface area contributed by atoms with Crippen LogP contribution in [-0.4, -0.2) is 15.9 Å². The van der Waals surface area contributed by atoms with E-state index in [-0.39, 0.29) is 16.1 Å². The van der Waals surface area contributed by atoms with Crippen molar-refractivity contribution in [2.24, 2.45) is 0 Å². The van der Waals surface area contributed by atoms with Gasteiger partial charge >= 0.3 is 5.97 Å². The minimum Gasteiger partial charge on any atom is -0.594 e. The number of aromatic carboxylic acids is 1. The fourth-order valence-corrected chi connectivity index (χ4v) is 0.739. The van der Waals surface area contributed by atoms with Crippen molar-refractivity contribution >= 4 is 11.7 Å². The molecule has 2 N–H and O–H groups in total. The van der Waals surface area contributed by atoms with Crippen LogP contribution in [0.5, 0.6) is 0 Å². The normalized spacial score (nSPS) is 9.33. The average molecular weight is 166 g/mol. The summed E-state index contributed by atoms with van der Waals surface area (Å²) in [5.74, 6) is -1.05. The summed E-state index contributed by atoms with van der Waals surface area (Å²) < 4.78 is 0. The van der Waals surface area contributed by atoms with Crippen LogP contribution in [0.15, 0.2) is 24.3 Å². The molecule has 1 aromatic carbocycles. The quantitative estimate of drug-likeness (QED) is 0.397. The van der Waals surface area contributed by atoms with Crippen LogP contribution >= 0.6 is 0 Å². The van der Waals surface area contributed by atoms with Crippen LogP contribution in [0, 0.1) is 10.7 Å². The van der Waals surface area contributed by atoms with Crippen LogP contribution in [0.2, 0.25) is 0 Å². The molecule has 62 valence electrons. The Morgan fingerprint density at radius 3 is 2.25 bits per heavy atom. The summed E-state index contributed by atoms with van der Waals surface area (Å²) in [6.45, 7) is 0. The number of benzene rings is 1. The Balaban J connectivity index is 3.01. The molecule has 0 atom stereocenters. The number of carbonyl (C=O) groups is 1. The highest BCUT2D eigenvalue weighted by Crippen LogP contribution is 2.11. The molecule has 0 aromatic heterocycles. The lowest BCUT2D eigenvalue weighted by molar-refractivity contribution is -0.465. The highest BCUT2D eigenvalue weighted by Gasteiger charge is 2.04. The molecular formula is C7H6N2O3. The number of hydrogen-bond acceptors (Lipinski definition) is 3. The molecule has 5 nitrogen and oxygen atoms in total. The first-order valence-corrected chi connectivity index (χ1v) is 3.13. The molecule has 0 aliphatic carbocycles. The fraction of sp³-hybridized carbons (Fsp3) is 0. The Morgan fingerprint density at radius 2 is 1.92 bits per heavy atom. The maximum atomic E-state index is 10.4. The minimum absolute atomic E-state index is 0.0777. The maximum absolute atomic E-state index is 10.4. The third-order valence-corrected chi connectivity index (χ3v) is 1.35. The van der Waals surface area contributed by atoms with E-state index in [1.54, 1.807) is 0 Å². The van der Waals surface area contributed by atoms with Crippen LogP contribution in [0.3, 0.4) is 0 Å². The molecular weight excluding hydrogens is 160 g/mol. The standard InChI is InChI=1S/C7H6N2O3/c8-9(12)6-3-1-5(2-4-6)7(10)11/h1-4,8H,(H,10,11). The van der Waals surface area contributed by atoms with E-state index in [2.05, 4.69) is 0 Å². The van der Waals surface area contributed by atoms with Gasteiger partial charge < -0.3 is 10.3 Å². The summed E-state index contributed by atoms with van der Waals surface area (Å²) in [6, 6.07) is 5.11. The molecule has 0 radical (unpaired) electrons. The zero-order valence-electron chi connectivity index (χ0n) is 6.02. The molecule has 0 bridgehead atoms. The van der Waals surface area contributed by atoms with E-state index in [1.807, 2.05) is 0 Å². The average Bonchev–Trinajstić information content (AvgIpc) is 2.04. The van der Waals surface area contributed by atoms with E-state index >= 15 is 0 Å². The molecule has 0 unspecified atom stereocenters. The second-order valence-corrected chi connectivity index (χ2v) is 2.15. The van der Waals surface area contributed by atoms with Crippen molar-refractivity contribution in [2.75, 3.05) is 0 Å². The van der Waals surface area contributed by atoms with Crippen molar-refractivity contribution in [3.05, 3.63) is 35.0 Å². The first kappa shape index (κ1) is 8.19. The summed E-state index contributed by atoms with van der Waals surface area (Å²) in [4.78, 5) is 10.3. The van der Waals surface area contributed by atoms with Crippen LogP contribution in [0.4, 0.5) is 5.69 Å². The van der Waals surface area contributed by atoms with Gasteiger partial charge in [0.1, 0.15) is 0 Å². The first-order valence-electron chi connectivity index (χ1n) is 3.13. The predicted molar refractivity (Wildman–Crippen MR) is 39.4 cm³/mol. The van der Waals surface area contributed by atoms with Gasteiger partial charge in [0.05, 0.1) is 5.56 Å². The highest BCUT2D eigenvalue weighted by molar-refractivity contribution is 5.87. The molecule has 1 rings (SSSR count). The van der Waals surface area contributed by atoms with E-state index in [9.17, 15) is 10.0 Å². The van der Waals surface area contributed by atoms with Crippen LogP contribution in [-0.2, 0) is 0 Å². The van der Waals surface area contributed by atoms with Crippen molar-refractivity contribution in [1.29, 1.82) is 5.53 Å². The number of nitrogens with zero attached hydrogens (tertiary/aromatic N) is 1. The third-order valence-electron chi connectivity index (χ3n) is 1.35. The molecule has 1 aromatic rings. The second-order valence-electron chi connectivity index (χ2n) is 2.15. The van der Waals surface area contributed by atoms with E-state index < -0.39 is 5.97 Å². The first-order chi connectivity index (χ1) is 5.61. The lowest BCUT2D eigenvalue weighted by Gasteiger charge is -1.96. The Labute approximate surface area is 67.9 Å². The molecule has 0 spiro atoms. The zero-order valence-corrected chi connectivity index (χ0v) is 6.02. The van der Waals surface area contributed by atoms with Gasteiger partial charge in [-0.25, -0.2) is 4.79 Å².